The van der Waals surface area contributed by atoms with Crippen LogP contribution in [-0.4, -0.2) is 26.2 Å². The number of carbonyl (C=O) groups is 2. The van der Waals surface area contributed by atoms with E-state index in [0.717, 1.165) is 51.4 Å². The summed E-state index contributed by atoms with van der Waals surface area (Å²) in [4.78, 5) is 22.3. The SMILES string of the molecule is COC(=O)CCCCCC(C=C(C)C)/C=C(\C)C(C)CCCCCC(=O)OC. The molecule has 0 saturated heterocycles. The number of methoxy groups -OCH3 is 2. The molecule has 0 aromatic rings. The Morgan fingerprint density at radius 3 is 1.71 bits per heavy atom. The van der Waals surface area contributed by atoms with Crippen LogP contribution in [0.2, 0.25) is 0 Å². The fourth-order valence-electron chi connectivity index (χ4n) is 3.30. The van der Waals surface area contributed by atoms with Crippen LogP contribution in [0.25, 0.3) is 0 Å². The largest absolute Gasteiger partial charge is 0.469 e. The van der Waals surface area contributed by atoms with Crippen LogP contribution in [0.4, 0.5) is 0 Å². The van der Waals surface area contributed by atoms with E-state index in [1.165, 1.54) is 25.4 Å². The minimum atomic E-state index is -0.114. The first-order chi connectivity index (χ1) is 13.3. The number of ether oxygens (including phenoxy) is 2. The quantitative estimate of drug-likeness (QED) is 0.183. The molecule has 0 amide bonds. The first kappa shape index (κ1) is 26.4. The predicted molar refractivity (Wildman–Crippen MR) is 116 cm³/mol. The van der Waals surface area contributed by atoms with Crippen LogP contribution in [0.1, 0.15) is 91.9 Å². The van der Waals surface area contributed by atoms with E-state index in [0.29, 0.717) is 24.7 Å². The van der Waals surface area contributed by atoms with Gasteiger partial charge in [-0.05, 0) is 58.3 Å². The molecule has 0 N–H and O–H groups in total. The highest BCUT2D eigenvalue weighted by molar-refractivity contribution is 5.69. The third-order valence-electron chi connectivity index (χ3n) is 5.19. The zero-order chi connectivity index (χ0) is 21.4. The predicted octanol–water partition coefficient (Wildman–Crippen LogP) is 6.40. The van der Waals surface area contributed by atoms with Crippen molar-refractivity contribution in [2.45, 2.75) is 91.9 Å². The van der Waals surface area contributed by atoms with Gasteiger partial charge in [0.1, 0.15) is 0 Å². The van der Waals surface area contributed by atoms with Crippen LogP contribution >= 0.6 is 0 Å². The summed E-state index contributed by atoms with van der Waals surface area (Å²) in [6.07, 6.45) is 14.3. The Bertz CT molecular complexity index is 501. The van der Waals surface area contributed by atoms with Gasteiger partial charge in [-0.1, -0.05) is 55.9 Å². The molecule has 0 rings (SSSR count). The topological polar surface area (TPSA) is 52.6 Å². The number of esters is 2. The van der Waals surface area contributed by atoms with Crippen LogP contribution in [0.5, 0.6) is 0 Å². The molecule has 0 aliphatic carbocycles. The Hall–Kier alpha value is -1.58. The highest BCUT2D eigenvalue weighted by Crippen LogP contribution is 2.23. The molecule has 0 spiro atoms. The molecule has 0 aliphatic rings. The van der Waals surface area contributed by atoms with Gasteiger partial charge < -0.3 is 9.47 Å². The number of carbonyl (C=O) groups excluding carboxylic acids is 2. The molecule has 0 aromatic heterocycles. The maximum absolute atomic E-state index is 11.2. The van der Waals surface area contributed by atoms with Crippen molar-refractivity contribution in [1.82, 2.24) is 0 Å². The van der Waals surface area contributed by atoms with Gasteiger partial charge in [-0.15, -0.1) is 0 Å². The standard InChI is InChI=1S/C24H42O4/c1-19(2)17-22(14-10-8-12-16-24(26)28-6)18-21(4)20(3)13-9-7-11-15-23(25)27-5/h17-18,20,22H,7-16H2,1-6H3/b21-18+. The minimum Gasteiger partial charge on any atom is -0.469 e. The summed E-state index contributed by atoms with van der Waals surface area (Å²) in [5.41, 5.74) is 2.80. The van der Waals surface area contributed by atoms with Crippen LogP contribution < -0.4 is 0 Å². The maximum Gasteiger partial charge on any atom is 0.305 e. The molecule has 0 bridgehead atoms. The Balaban J connectivity index is 4.36. The van der Waals surface area contributed by atoms with Crippen LogP contribution in [0.15, 0.2) is 23.3 Å². The summed E-state index contributed by atoms with van der Waals surface area (Å²) in [5.74, 6) is 0.799. The molecule has 0 radical (unpaired) electrons. The first-order valence-electron chi connectivity index (χ1n) is 10.8. The van der Waals surface area contributed by atoms with Crippen molar-refractivity contribution >= 4 is 11.9 Å². The summed E-state index contributed by atoms with van der Waals surface area (Å²) in [6.45, 7) is 8.83. The molecule has 0 heterocycles. The smallest absolute Gasteiger partial charge is 0.305 e. The van der Waals surface area contributed by atoms with Crippen molar-refractivity contribution in [2.75, 3.05) is 14.2 Å². The lowest BCUT2D eigenvalue weighted by Crippen LogP contribution is -2.03. The Morgan fingerprint density at radius 2 is 1.25 bits per heavy atom. The van der Waals surface area contributed by atoms with Gasteiger partial charge in [-0.25, -0.2) is 0 Å². The van der Waals surface area contributed by atoms with Gasteiger partial charge >= 0.3 is 11.9 Å². The van der Waals surface area contributed by atoms with E-state index in [4.69, 9.17) is 4.74 Å². The molecule has 4 nitrogen and oxygen atoms in total. The van der Waals surface area contributed by atoms with Crippen molar-refractivity contribution in [3.63, 3.8) is 0 Å². The second kappa shape index (κ2) is 16.4. The Labute approximate surface area is 172 Å². The second-order valence-corrected chi connectivity index (χ2v) is 8.07. The van der Waals surface area contributed by atoms with Gasteiger partial charge in [0, 0.05) is 12.8 Å². The second-order valence-electron chi connectivity index (χ2n) is 8.07. The summed E-state index contributed by atoms with van der Waals surface area (Å²) < 4.78 is 9.37. The summed E-state index contributed by atoms with van der Waals surface area (Å²) >= 11 is 0. The van der Waals surface area contributed by atoms with Gasteiger partial charge in [-0.3, -0.25) is 9.59 Å². The van der Waals surface area contributed by atoms with Gasteiger partial charge in [0.25, 0.3) is 0 Å². The molecule has 0 fully saturated rings. The van der Waals surface area contributed by atoms with Crippen molar-refractivity contribution in [2.24, 2.45) is 11.8 Å². The minimum absolute atomic E-state index is 0.111. The normalized spacial score (nSPS) is 13.6. The zero-order valence-electron chi connectivity index (χ0n) is 19.0. The molecule has 0 saturated carbocycles. The highest BCUT2D eigenvalue weighted by Gasteiger charge is 2.09. The number of rotatable bonds is 15. The Kier molecular flexibility index (Phi) is 15.5. The fraction of sp³-hybridized carbons (Fsp3) is 0.750. The number of allylic oxidation sites excluding steroid dienone is 4. The number of hydrogen-bond acceptors (Lipinski definition) is 4. The maximum atomic E-state index is 11.2. The van der Waals surface area contributed by atoms with E-state index in [1.54, 1.807) is 0 Å². The van der Waals surface area contributed by atoms with E-state index in [1.807, 2.05) is 0 Å². The summed E-state index contributed by atoms with van der Waals surface area (Å²) in [5, 5.41) is 0. The van der Waals surface area contributed by atoms with Gasteiger partial charge in [0.2, 0.25) is 0 Å². The van der Waals surface area contributed by atoms with E-state index in [2.05, 4.69) is 44.6 Å². The van der Waals surface area contributed by atoms with Crippen LogP contribution in [0, 0.1) is 11.8 Å². The van der Waals surface area contributed by atoms with Gasteiger partial charge in [0.05, 0.1) is 14.2 Å². The molecule has 162 valence electrons. The van der Waals surface area contributed by atoms with E-state index in [9.17, 15) is 9.59 Å². The van der Waals surface area contributed by atoms with Crippen molar-refractivity contribution in [3.05, 3.63) is 23.3 Å². The molecule has 4 heteroatoms. The van der Waals surface area contributed by atoms with Gasteiger partial charge in [0.15, 0.2) is 0 Å². The zero-order valence-corrected chi connectivity index (χ0v) is 19.0. The lowest BCUT2D eigenvalue weighted by molar-refractivity contribution is -0.141. The number of hydrogen-bond donors (Lipinski definition) is 0. The lowest BCUT2D eigenvalue weighted by Gasteiger charge is -2.16. The lowest BCUT2D eigenvalue weighted by atomic mass is 9.90. The molecular formula is C24H42O4. The molecule has 0 aliphatic heterocycles. The van der Waals surface area contributed by atoms with Crippen LogP contribution in [-0.2, 0) is 19.1 Å². The first-order valence-corrected chi connectivity index (χ1v) is 10.8. The molecule has 2 atom stereocenters. The van der Waals surface area contributed by atoms with E-state index < -0.39 is 0 Å². The van der Waals surface area contributed by atoms with Crippen molar-refractivity contribution in [3.8, 4) is 0 Å². The van der Waals surface area contributed by atoms with Crippen LogP contribution in [0.3, 0.4) is 0 Å². The summed E-state index contributed by atoms with van der Waals surface area (Å²) in [6, 6.07) is 0. The average molecular weight is 395 g/mol. The molecule has 2 unspecified atom stereocenters. The van der Waals surface area contributed by atoms with Gasteiger partial charge in [-0.2, -0.15) is 0 Å². The monoisotopic (exact) mass is 394 g/mol. The van der Waals surface area contributed by atoms with E-state index in [-0.39, 0.29) is 11.9 Å². The Morgan fingerprint density at radius 1 is 0.750 bits per heavy atom. The third kappa shape index (κ3) is 14.5. The third-order valence-corrected chi connectivity index (χ3v) is 5.19. The summed E-state index contributed by atoms with van der Waals surface area (Å²) in [7, 11) is 2.89. The molecule has 0 aromatic carbocycles. The number of unbranched alkanes of at least 4 members (excludes halogenated alkanes) is 4. The molecular weight excluding hydrogens is 352 g/mol. The fourth-order valence-corrected chi connectivity index (χ4v) is 3.30. The van der Waals surface area contributed by atoms with Crippen molar-refractivity contribution < 1.29 is 19.1 Å². The average Bonchev–Trinajstić information content (AvgIpc) is 2.65. The van der Waals surface area contributed by atoms with Crippen molar-refractivity contribution in [1.29, 1.82) is 0 Å². The molecule has 28 heavy (non-hydrogen) atoms. The highest BCUT2D eigenvalue weighted by atomic mass is 16.5. The van der Waals surface area contributed by atoms with E-state index >= 15 is 0 Å².